The molecule has 0 aliphatic heterocycles. The maximum absolute atomic E-state index is 13.5. The van der Waals surface area contributed by atoms with E-state index in [-0.39, 0.29) is 5.82 Å². The molecule has 10 heteroatoms. The van der Waals surface area contributed by atoms with E-state index in [4.69, 9.17) is 19.7 Å². The number of halogens is 1. The Kier molecular flexibility index (Phi) is 5.56. The van der Waals surface area contributed by atoms with Crippen molar-refractivity contribution in [3.05, 3.63) is 78.6 Å². The van der Waals surface area contributed by atoms with Crippen molar-refractivity contribution in [1.82, 2.24) is 19.4 Å². The smallest absolute Gasteiger partial charge is 0.306 e. The van der Waals surface area contributed by atoms with Crippen LogP contribution in [0.5, 0.6) is 11.5 Å². The second-order valence-electron chi connectivity index (χ2n) is 7.43. The van der Waals surface area contributed by atoms with Gasteiger partial charge in [-0.1, -0.05) is 6.07 Å². The highest BCUT2D eigenvalue weighted by Crippen LogP contribution is 2.33. The van der Waals surface area contributed by atoms with Crippen molar-refractivity contribution >= 4 is 11.8 Å². The fourth-order valence-corrected chi connectivity index (χ4v) is 3.70. The number of imidazole rings is 1. The monoisotopic (exact) mass is 460 g/mol. The molecule has 172 valence electrons. The number of anilines is 1. The SMILES string of the molecule is COc1ccc(CN(N)c2nccc(-c3c(-c4ccc(F)cc4)nc4occn34)n2)cc1OC. The number of hydrazine groups is 1. The summed E-state index contributed by atoms with van der Waals surface area (Å²) in [5, 5.41) is 1.44. The van der Waals surface area contributed by atoms with Crippen LogP contribution in [0.4, 0.5) is 10.3 Å². The van der Waals surface area contributed by atoms with Gasteiger partial charge in [0.15, 0.2) is 11.5 Å². The van der Waals surface area contributed by atoms with E-state index in [0.717, 1.165) is 11.1 Å². The number of ether oxygens (including phenoxy) is 2. The molecule has 0 fully saturated rings. The fraction of sp³-hybridized carbons (Fsp3) is 0.125. The first-order chi connectivity index (χ1) is 16.6. The molecular weight excluding hydrogens is 439 g/mol. The number of hydrogen-bond donors (Lipinski definition) is 1. The quantitative estimate of drug-likeness (QED) is 0.286. The molecule has 0 amide bonds. The summed E-state index contributed by atoms with van der Waals surface area (Å²) in [6, 6.07) is 13.4. The lowest BCUT2D eigenvalue weighted by Crippen LogP contribution is -2.31. The second kappa shape index (κ2) is 8.83. The molecule has 3 aromatic heterocycles. The molecular formula is C24H21FN6O3. The van der Waals surface area contributed by atoms with Crippen molar-refractivity contribution in [3.8, 4) is 34.1 Å². The first-order valence-corrected chi connectivity index (χ1v) is 10.4. The van der Waals surface area contributed by atoms with Crippen LogP contribution in [0.15, 0.2) is 71.6 Å². The summed E-state index contributed by atoms with van der Waals surface area (Å²) in [7, 11) is 3.16. The summed E-state index contributed by atoms with van der Waals surface area (Å²) in [4.78, 5) is 13.6. The average Bonchev–Trinajstić information content (AvgIpc) is 3.46. The topological polar surface area (TPSA) is 104 Å². The largest absolute Gasteiger partial charge is 0.493 e. The number of aromatic nitrogens is 4. The van der Waals surface area contributed by atoms with Crippen LogP contribution in [0, 0.1) is 5.82 Å². The van der Waals surface area contributed by atoms with E-state index in [1.165, 1.54) is 23.4 Å². The minimum Gasteiger partial charge on any atom is -0.493 e. The number of methoxy groups -OCH3 is 2. The van der Waals surface area contributed by atoms with Gasteiger partial charge in [-0.3, -0.25) is 9.41 Å². The lowest BCUT2D eigenvalue weighted by molar-refractivity contribution is 0.354. The van der Waals surface area contributed by atoms with Gasteiger partial charge in [0.05, 0.1) is 26.5 Å². The zero-order chi connectivity index (χ0) is 23.7. The molecule has 0 radical (unpaired) electrons. The molecule has 0 aliphatic rings. The second-order valence-corrected chi connectivity index (χ2v) is 7.43. The van der Waals surface area contributed by atoms with Crippen LogP contribution in [-0.2, 0) is 6.54 Å². The molecule has 0 saturated heterocycles. The Morgan fingerprint density at radius 3 is 2.59 bits per heavy atom. The zero-order valence-electron chi connectivity index (χ0n) is 18.5. The van der Waals surface area contributed by atoms with Crippen LogP contribution in [0.3, 0.4) is 0 Å². The van der Waals surface area contributed by atoms with E-state index in [1.54, 1.807) is 49.2 Å². The summed E-state index contributed by atoms with van der Waals surface area (Å²) < 4.78 is 31.4. The summed E-state index contributed by atoms with van der Waals surface area (Å²) in [6.45, 7) is 0.335. The maximum Gasteiger partial charge on any atom is 0.306 e. The molecule has 2 N–H and O–H groups in total. The summed E-state index contributed by atoms with van der Waals surface area (Å²) in [5.41, 5.74) is 3.49. The van der Waals surface area contributed by atoms with Gasteiger partial charge < -0.3 is 13.9 Å². The van der Waals surface area contributed by atoms with Crippen molar-refractivity contribution in [2.24, 2.45) is 5.84 Å². The number of oxazole rings is 1. The highest BCUT2D eigenvalue weighted by molar-refractivity contribution is 5.79. The van der Waals surface area contributed by atoms with Crippen LogP contribution in [-0.4, -0.2) is 33.6 Å². The molecule has 0 saturated carbocycles. The Morgan fingerprint density at radius 1 is 1.03 bits per heavy atom. The summed E-state index contributed by atoms with van der Waals surface area (Å²) in [6.07, 6.45) is 4.91. The number of benzene rings is 2. The van der Waals surface area contributed by atoms with E-state index in [2.05, 4.69) is 15.0 Å². The Morgan fingerprint density at radius 2 is 1.82 bits per heavy atom. The lowest BCUT2D eigenvalue weighted by Gasteiger charge is -2.18. The first kappa shape index (κ1) is 21.4. The summed E-state index contributed by atoms with van der Waals surface area (Å²) >= 11 is 0. The Hall–Kier alpha value is -4.44. The Labute approximate surface area is 194 Å². The fourth-order valence-electron chi connectivity index (χ4n) is 3.70. The van der Waals surface area contributed by atoms with Crippen LogP contribution in [0.2, 0.25) is 0 Å². The molecule has 5 rings (SSSR count). The van der Waals surface area contributed by atoms with Gasteiger partial charge >= 0.3 is 5.84 Å². The third kappa shape index (κ3) is 3.90. The van der Waals surface area contributed by atoms with Gasteiger partial charge in [0.2, 0.25) is 5.95 Å². The van der Waals surface area contributed by atoms with E-state index in [1.807, 2.05) is 18.2 Å². The van der Waals surface area contributed by atoms with Crippen molar-refractivity contribution < 1.29 is 18.3 Å². The number of nitrogens with zero attached hydrogens (tertiary/aromatic N) is 5. The average molecular weight is 460 g/mol. The highest BCUT2D eigenvalue weighted by atomic mass is 19.1. The van der Waals surface area contributed by atoms with Crippen LogP contribution in [0.25, 0.3) is 28.5 Å². The molecule has 0 aliphatic carbocycles. The van der Waals surface area contributed by atoms with Gasteiger partial charge in [0, 0.05) is 18.0 Å². The van der Waals surface area contributed by atoms with Crippen molar-refractivity contribution in [1.29, 1.82) is 0 Å². The third-order valence-corrected chi connectivity index (χ3v) is 5.32. The number of rotatable bonds is 7. The molecule has 3 heterocycles. The predicted molar refractivity (Wildman–Crippen MR) is 124 cm³/mol. The Balaban J connectivity index is 1.51. The lowest BCUT2D eigenvalue weighted by atomic mass is 10.1. The molecule has 2 aromatic carbocycles. The van der Waals surface area contributed by atoms with Gasteiger partial charge in [0.25, 0.3) is 0 Å². The van der Waals surface area contributed by atoms with E-state index in [0.29, 0.717) is 46.9 Å². The standard InChI is InChI=1S/C24H21FN6O3/c1-32-19-8-3-15(13-20(19)33-2)14-31(26)23-27-10-9-18(28-23)22-21(16-4-6-17(25)7-5-16)29-24-30(22)11-12-34-24/h3-13H,14,26H2,1-2H3. The molecule has 0 unspecified atom stereocenters. The third-order valence-electron chi connectivity index (χ3n) is 5.32. The van der Waals surface area contributed by atoms with Crippen molar-refractivity contribution in [2.75, 3.05) is 19.2 Å². The van der Waals surface area contributed by atoms with Gasteiger partial charge in [-0.15, -0.1) is 0 Å². The first-order valence-electron chi connectivity index (χ1n) is 10.4. The van der Waals surface area contributed by atoms with E-state index < -0.39 is 0 Å². The van der Waals surface area contributed by atoms with E-state index >= 15 is 0 Å². The predicted octanol–water partition coefficient (Wildman–Crippen LogP) is 4.09. The number of fused-ring (bicyclic) bond motifs is 1. The summed E-state index contributed by atoms with van der Waals surface area (Å²) in [5.74, 6) is 7.94. The molecule has 5 aromatic rings. The molecule has 34 heavy (non-hydrogen) atoms. The van der Waals surface area contributed by atoms with E-state index in [9.17, 15) is 4.39 Å². The van der Waals surface area contributed by atoms with Crippen LogP contribution >= 0.6 is 0 Å². The van der Waals surface area contributed by atoms with Crippen molar-refractivity contribution in [2.45, 2.75) is 6.54 Å². The minimum atomic E-state index is -0.327. The van der Waals surface area contributed by atoms with Gasteiger partial charge in [-0.05, 0) is 48.0 Å². The van der Waals surface area contributed by atoms with Crippen LogP contribution in [0.1, 0.15) is 5.56 Å². The number of hydrogen-bond acceptors (Lipinski definition) is 8. The zero-order valence-corrected chi connectivity index (χ0v) is 18.5. The Bertz CT molecular complexity index is 1450. The highest BCUT2D eigenvalue weighted by Gasteiger charge is 2.20. The molecule has 0 bridgehead atoms. The maximum atomic E-state index is 13.5. The van der Waals surface area contributed by atoms with Crippen LogP contribution < -0.4 is 20.3 Å². The normalized spacial score (nSPS) is 11.1. The molecule has 0 spiro atoms. The van der Waals surface area contributed by atoms with Gasteiger partial charge in [-0.25, -0.2) is 20.2 Å². The van der Waals surface area contributed by atoms with Gasteiger partial charge in [-0.2, -0.15) is 4.98 Å². The minimum absolute atomic E-state index is 0.316. The molecule has 0 atom stereocenters. The molecule has 9 nitrogen and oxygen atoms in total. The van der Waals surface area contributed by atoms with Crippen molar-refractivity contribution in [3.63, 3.8) is 0 Å². The number of nitrogens with two attached hydrogens (primary N) is 1. The van der Waals surface area contributed by atoms with Gasteiger partial charge in [0.1, 0.15) is 23.5 Å².